The zero-order valence-corrected chi connectivity index (χ0v) is 16.2. The summed E-state index contributed by atoms with van der Waals surface area (Å²) >= 11 is 0. The Hall–Kier alpha value is -0.555. The summed E-state index contributed by atoms with van der Waals surface area (Å²) in [5, 5.41) is 4.10. The maximum Gasteiger partial charge on any atom is 1.00 e. The smallest absolute Gasteiger partial charge is 0.409 e. The van der Waals surface area contributed by atoms with Crippen LogP contribution in [0.3, 0.4) is 0 Å². The second-order valence-corrected chi connectivity index (χ2v) is 4.13. The maximum absolute atomic E-state index is 4.51. The van der Waals surface area contributed by atoms with Gasteiger partial charge in [0.2, 0.25) is 0 Å². The first-order chi connectivity index (χ1) is 8.79. The third-order valence-electron chi connectivity index (χ3n) is 2.97. The normalized spacial score (nSPS) is 10.2. The van der Waals surface area contributed by atoms with Gasteiger partial charge in [-0.05, 0) is 36.0 Å². The Bertz CT molecular complexity index is 705. The molecule has 90 valence electrons. The Labute approximate surface area is 160 Å². The molecule has 0 spiro atoms. The molecule has 0 saturated heterocycles. The van der Waals surface area contributed by atoms with Crippen LogP contribution in [0.15, 0.2) is 30.5 Å². The maximum atomic E-state index is 4.51. The van der Waals surface area contributed by atoms with E-state index in [1.54, 1.807) is 7.05 Å². The molecule has 2 aromatic heterocycles. The minimum atomic E-state index is 0. The van der Waals surface area contributed by atoms with Crippen LogP contribution in [0.1, 0.15) is 5.56 Å². The quantitative estimate of drug-likeness (QED) is 0.641. The topological polar surface area (TPSA) is 53.6 Å². The van der Waals surface area contributed by atoms with Gasteiger partial charge in [0.25, 0.3) is 0 Å². The van der Waals surface area contributed by atoms with Gasteiger partial charge in [-0.25, -0.2) is 0 Å². The van der Waals surface area contributed by atoms with Gasteiger partial charge in [-0.3, -0.25) is 0 Å². The first-order valence-corrected chi connectivity index (χ1v) is 5.80. The first kappa shape index (κ1) is 14.8. The van der Waals surface area contributed by atoms with Crippen molar-refractivity contribution in [3.8, 4) is 11.3 Å². The predicted molar refractivity (Wildman–Crippen MR) is 72.4 cm³/mol. The number of anilines is 1. The fourth-order valence-corrected chi connectivity index (χ4v) is 2.05. The Morgan fingerprint density at radius 1 is 1.26 bits per heavy atom. The van der Waals surface area contributed by atoms with Crippen molar-refractivity contribution < 1.29 is 58.2 Å². The van der Waals surface area contributed by atoms with Crippen LogP contribution in [0, 0.1) is 13.1 Å². The van der Waals surface area contributed by atoms with Crippen LogP contribution < -0.4 is 63.5 Å². The first-order valence-electron chi connectivity index (χ1n) is 5.80. The Morgan fingerprint density at radius 3 is 2.84 bits per heavy atom. The molecule has 0 aliphatic carbocycles. The summed E-state index contributed by atoms with van der Waals surface area (Å²) in [5.74, 6) is 0.584. The van der Waals surface area contributed by atoms with Gasteiger partial charge in [0, 0.05) is 5.52 Å². The molecule has 0 bridgehead atoms. The zero-order valence-electron chi connectivity index (χ0n) is 11.3. The number of nitrogens with one attached hydrogen (secondary N) is 2. The van der Waals surface area contributed by atoms with Gasteiger partial charge < -0.3 is 20.3 Å². The molecule has 5 heteroatoms. The van der Waals surface area contributed by atoms with Crippen LogP contribution in [0.4, 0.5) is 5.95 Å². The van der Waals surface area contributed by atoms with E-state index in [-0.39, 0.29) is 58.2 Å². The average molecular weight is 323 g/mol. The van der Waals surface area contributed by atoms with Crippen LogP contribution in [0.25, 0.3) is 22.2 Å². The van der Waals surface area contributed by atoms with Gasteiger partial charge in [0.15, 0.2) is 0 Å². The van der Waals surface area contributed by atoms with Crippen molar-refractivity contribution >= 4 is 16.9 Å². The molecule has 0 aliphatic heterocycles. The number of rotatable bonds is 2. The van der Waals surface area contributed by atoms with E-state index in [2.05, 4.69) is 38.6 Å². The summed E-state index contributed by atoms with van der Waals surface area (Å²) in [6.45, 7) is 1.97. The van der Waals surface area contributed by atoms with Crippen LogP contribution in [-0.2, 0) is 0 Å². The molecular formula is C14H13N4Rb. The van der Waals surface area contributed by atoms with Gasteiger partial charge in [-0.1, -0.05) is 31.3 Å². The van der Waals surface area contributed by atoms with Crippen molar-refractivity contribution in [2.45, 2.75) is 6.92 Å². The van der Waals surface area contributed by atoms with Crippen molar-refractivity contribution in [2.75, 3.05) is 12.4 Å². The molecule has 1 aromatic carbocycles. The summed E-state index contributed by atoms with van der Waals surface area (Å²) in [7, 11) is 1.80. The number of aromatic nitrogens is 3. The molecule has 0 aliphatic rings. The third-order valence-corrected chi connectivity index (χ3v) is 2.97. The fourth-order valence-electron chi connectivity index (χ4n) is 2.05. The van der Waals surface area contributed by atoms with Crippen LogP contribution in [0.5, 0.6) is 0 Å². The predicted octanol–water partition coefficient (Wildman–Crippen LogP) is -0.221. The van der Waals surface area contributed by atoms with Gasteiger partial charge in [-0.15, -0.1) is 5.56 Å². The Kier molecular flexibility index (Phi) is 4.89. The monoisotopic (exact) mass is 322 g/mol. The number of aryl methyl sites for hydroxylation is 1. The molecule has 0 fully saturated rings. The Balaban J connectivity index is 0.00000133. The Morgan fingerprint density at radius 2 is 2.05 bits per heavy atom. The number of nitrogens with zero attached hydrogens (tertiary/aromatic N) is 2. The summed E-state index contributed by atoms with van der Waals surface area (Å²) in [6, 6.07) is 8.18. The number of hydrogen-bond donors (Lipinski definition) is 2. The largest absolute Gasteiger partial charge is 1.00 e. The SMILES string of the molecule is CNc1n[c-]c(C)c(-c2c[nH]c3ccccc23)n1.[Rb+]. The van der Waals surface area contributed by atoms with Crippen molar-refractivity contribution in [1.82, 2.24) is 15.0 Å². The molecular weight excluding hydrogens is 310 g/mol. The number of H-pyrrole nitrogens is 1. The molecule has 2 heterocycles. The van der Waals surface area contributed by atoms with E-state index >= 15 is 0 Å². The van der Waals surface area contributed by atoms with Gasteiger partial charge in [0.05, 0.1) is 0 Å². The van der Waals surface area contributed by atoms with E-state index < -0.39 is 0 Å². The van der Waals surface area contributed by atoms with Crippen molar-refractivity contribution in [1.29, 1.82) is 0 Å². The van der Waals surface area contributed by atoms with Crippen LogP contribution in [0.2, 0.25) is 0 Å². The average Bonchev–Trinajstić information content (AvgIpc) is 2.83. The molecule has 4 nitrogen and oxygen atoms in total. The fraction of sp³-hybridized carbons (Fsp3) is 0.143. The van der Waals surface area contributed by atoms with Gasteiger partial charge in [-0.2, -0.15) is 0 Å². The minimum absolute atomic E-state index is 0. The van der Waals surface area contributed by atoms with Gasteiger partial charge >= 0.3 is 58.2 Å². The van der Waals surface area contributed by atoms with E-state index in [9.17, 15) is 0 Å². The molecule has 3 aromatic rings. The molecule has 0 unspecified atom stereocenters. The summed E-state index contributed by atoms with van der Waals surface area (Å²) < 4.78 is 0. The van der Waals surface area contributed by atoms with Gasteiger partial charge in [0.1, 0.15) is 5.95 Å². The van der Waals surface area contributed by atoms with E-state index in [0.717, 1.165) is 27.7 Å². The van der Waals surface area contributed by atoms with Crippen molar-refractivity contribution in [2.24, 2.45) is 0 Å². The van der Waals surface area contributed by atoms with E-state index in [1.807, 2.05) is 25.3 Å². The van der Waals surface area contributed by atoms with Crippen molar-refractivity contribution in [3.05, 3.63) is 42.2 Å². The number of hydrogen-bond acceptors (Lipinski definition) is 3. The van der Waals surface area contributed by atoms with Crippen molar-refractivity contribution in [3.63, 3.8) is 0 Å². The number of fused-ring (bicyclic) bond motifs is 1. The number of benzene rings is 1. The molecule has 3 rings (SSSR count). The number of para-hydroxylation sites is 1. The van der Waals surface area contributed by atoms with E-state index in [0.29, 0.717) is 5.95 Å². The zero-order chi connectivity index (χ0) is 12.5. The molecule has 0 amide bonds. The second-order valence-electron chi connectivity index (χ2n) is 4.13. The molecule has 0 saturated carbocycles. The standard InChI is InChI=1S/C14H13N4.Rb/c1-9-7-17-14(15-2)18-13(9)11-8-16-12-6-4-3-5-10(11)12;/h3-6,8,16H,1-2H3,(H,15,17,18);/q-1;+1. The van der Waals surface area contributed by atoms with E-state index in [1.165, 1.54) is 0 Å². The summed E-state index contributed by atoms with van der Waals surface area (Å²) in [6.07, 6.45) is 4.96. The molecule has 0 radical (unpaired) electrons. The van der Waals surface area contributed by atoms with Crippen LogP contribution >= 0.6 is 0 Å². The number of aromatic amines is 1. The molecule has 0 atom stereocenters. The summed E-state index contributed by atoms with van der Waals surface area (Å²) in [4.78, 5) is 11.9. The third kappa shape index (κ3) is 2.82. The molecule has 19 heavy (non-hydrogen) atoms. The minimum Gasteiger partial charge on any atom is -0.409 e. The second kappa shape index (κ2) is 6.26. The summed E-state index contributed by atoms with van der Waals surface area (Å²) in [5.41, 5.74) is 4.04. The molecule has 2 N–H and O–H groups in total. The van der Waals surface area contributed by atoms with E-state index in [4.69, 9.17) is 0 Å². The van der Waals surface area contributed by atoms with Crippen LogP contribution in [-0.4, -0.2) is 22.0 Å².